The topological polar surface area (TPSA) is 99.1 Å². The van der Waals surface area contributed by atoms with E-state index in [4.69, 9.17) is 22.1 Å². The van der Waals surface area contributed by atoms with E-state index in [0.29, 0.717) is 0 Å². The van der Waals surface area contributed by atoms with Crippen LogP contribution in [0.4, 0.5) is 20.3 Å². The maximum absolute atomic E-state index is 12.4. The minimum absolute atomic E-state index is 0.223. The molecule has 0 amide bonds. The average molecular weight is 258 g/mol. The van der Waals surface area contributed by atoms with Crippen molar-refractivity contribution in [2.24, 2.45) is 0 Å². The minimum Gasteiger partial charge on any atom is -0.396 e. The van der Waals surface area contributed by atoms with E-state index in [0.717, 1.165) is 6.07 Å². The third-order valence-electron chi connectivity index (χ3n) is 1.55. The summed E-state index contributed by atoms with van der Waals surface area (Å²) in [7, 11) is 0.611. The Hall–Kier alpha value is -1.15. The van der Waals surface area contributed by atoms with Gasteiger partial charge in [0.05, 0.1) is 5.69 Å². The van der Waals surface area contributed by atoms with Crippen molar-refractivity contribution in [2.75, 3.05) is 11.5 Å². The molecule has 0 saturated heterocycles. The van der Waals surface area contributed by atoms with Crippen LogP contribution in [0.25, 0.3) is 0 Å². The maximum atomic E-state index is 12.4. The van der Waals surface area contributed by atoms with E-state index in [-0.39, 0.29) is 11.5 Å². The van der Waals surface area contributed by atoms with Gasteiger partial charge >= 0.3 is 0 Å². The van der Waals surface area contributed by atoms with Crippen LogP contribution >= 0.6 is 10.7 Å². The lowest BCUT2D eigenvalue weighted by atomic mass is 10.3. The number of pyridine rings is 1. The molecule has 0 atom stereocenters. The van der Waals surface area contributed by atoms with E-state index in [9.17, 15) is 17.2 Å². The smallest absolute Gasteiger partial charge is 0.281 e. The number of hydrogen-bond acceptors (Lipinski definition) is 5. The average Bonchev–Trinajstić information content (AvgIpc) is 2.06. The number of halogens is 3. The molecule has 0 saturated carbocycles. The highest BCUT2D eigenvalue weighted by molar-refractivity contribution is 8.13. The number of aromatic nitrogens is 1. The Morgan fingerprint density at radius 2 is 1.93 bits per heavy atom. The lowest BCUT2D eigenvalue weighted by Crippen LogP contribution is -2.07. The minimum atomic E-state index is -4.32. The third-order valence-corrected chi connectivity index (χ3v) is 2.90. The fraction of sp³-hybridized carbons (Fsp3) is 0.167. The summed E-state index contributed by atoms with van der Waals surface area (Å²) in [5.41, 5.74) is 9.17. The molecule has 1 heterocycles. The Balaban J connectivity index is 3.56. The van der Waals surface area contributed by atoms with Gasteiger partial charge in [-0.1, -0.05) is 0 Å². The second kappa shape index (κ2) is 3.78. The Labute approximate surface area is 88.5 Å². The van der Waals surface area contributed by atoms with Crippen LogP contribution in [0.2, 0.25) is 0 Å². The van der Waals surface area contributed by atoms with Crippen LogP contribution in [0.3, 0.4) is 0 Å². The number of hydrogen-bond donors (Lipinski definition) is 2. The van der Waals surface area contributed by atoms with E-state index in [1.54, 1.807) is 0 Å². The van der Waals surface area contributed by atoms with Crippen molar-refractivity contribution < 1.29 is 17.2 Å². The van der Waals surface area contributed by atoms with Crippen LogP contribution in [0.5, 0.6) is 0 Å². The highest BCUT2D eigenvalue weighted by atomic mass is 35.7. The van der Waals surface area contributed by atoms with Gasteiger partial charge in [0.1, 0.15) is 16.4 Å². The van der Waals surface area contributed by atoms with Crippen molar-refractivity contribution in [2.45, 2.75) is 11.3 Å². The molecule has 15 heavy (non-hydrogen) atoms. The molecule has 9 heteroatoms. The molecule has 0 bridgehead atoms. The van der Waals surface area contributed by atoms with E-state index in [1.807, 2.05) is 0 Å². The summed E-state index contributed by atoms with van der Waals surface area (Å²) < 4.78 is 46.6. The molecule has 4 N–H and O–H groups in total. The van der Waals surface area contributed by atoms with E-state index < -0.39 is 26.1 Å². The van der Waals surface area contributed by atoms with Gasteiger partial charge in [0, 0.05) is 10.7 Å². The summed E-state index contributed by atoms with van der Waals surface area (Å²) in [6.45, 7) is 0. The number of rotatable bonds is 2. The van der Waals surface area contributed by atoms with Gasteiger partial charge < -0.3 is 11.5 Å². The largest absolute Gasteiger partial charge is 0.396 e. The maximum Gasteiger partial charge on any atom is 0.281 e. The molecule has 0 aliphatic rings. The number of alkyl halides is 2. The summed E-state index contributed by atoms with van der Waals surface area (Å²) in [6, 6.07) is 0.756. The van der Waals surface area contributed by atoms with Gasteiger partial charge in [-0.05, 0) is 6.07 Å². The van der Waals surface area contributed by atoms with Gasteiger partial charge in [-0.2, -0.15) is 0 Å². The summed E-state index contributed by atoms with van der Waals surface area (Å²) in [4.78, 5) is 2.35. The van der Waals surface area contributed by atoms with Crippen molar-refractivity contribution in [1.29, 1.82) is 0 Å². The van der Waals surface area contributed by atoms with Gasteiger partial charge in [0.15, 0.2) is 0 Å². The zero-order valence-corrected chi connectivity index (χ0v) is 8.69. The van der Waals surface area contributed by atoms with Crippen LogP contribution in [0, 0.1) is 0 Å². The Morgan fingerprint density at radius 3 is 2.33 bits per heavy atom. The lowest BCUT2D eigenvalue weighted by Gasteiger charge is -2.07. The molecule has 84 valence electrons. The van der Waals surface area contributed by atoms with Crippen molar-refractivity contribution in [3.05, 3.63) is 11.8 Å². The van der Waals surface area contributed by atoms with Crippen molar-refractivity contribution in [1.82, 2.24) is 4.98 Å². The van der Waals surface area contributed by atoms with Gasteiger partial charge in [0.2, 0.25) is 0 Å². The zero-order chi connectivity index (χ0) is 11.8. The van der Waals surface area contributed by atoms with E-state index in [1.165, 1.54) is 0 Å². The first-order valence-electron chi connectivity index (χ1n) is 3.52. The fourth-order valence-corrected chi connectivity index (χ4v) is 1.91. The van der Waals surface area contributed by atoms with Gasteiger partial charge in [0.25, 0.3) is 15.5 Å². The molecule has 1 aromatic rings. The lowest BCUT2D eigenvalue weighted by molar-refractivity contribution is 0.142. The normalized spacial score (nSPS) is 12.0. The Kier molecular flexibility index (Phi) is 3.00. The summed E-state index contributed by atoms with van der Waals surface area (Å²) >= 11 is 0. The first-order chi connectivity index (χ1) is 6.73. The van der Waals surface area contributed by atoms with Gasteiger partial charge in [-0.3, -0.25) is 0 Å². The first kappa shape index (κ1) is 11.9. The highest BCUT2D eigenvalue weighted by Crippen LogP contribution is 2.30. The van der Waals surface area contributed by atoms with Crippen LogP contribution in [0.15, 0.2) is 11.0 Å². The standard InChI is InChI=1S/C6H6ClF2N3O2S/c7-15(13,14)3-1-2(10)6(11)12-4(3)5(8)9/h1,5H,10H2,(H2,11,12). The van der Waals surface area contributed by atoms with Crippen LogP contribution in [-0.2, 0) is 9.05 Å². The van der Waals surface area contributed by atoms with Crippen molar-refractivity contribution >= 4 is 31.2 Å². The fourth-order valence-electron chi connectivity index (χ4n) is 0.890. The molecule has 1 aromatic heterocycles. The van der Waals surface area contributed by atoms with Crippen molar-refractivity contribution in [3.63, 3.8) is 0 Å². The molecular weight excluding hydrogens is 252 g/mol. The number of nitrogen functional groups attached to an aromatic ring is 2. The summed E-state index contributed by atoms with van der Waals surface area (Å²) in [5.74, 6) is -0.366. The van der Waals surface area contributed by atoms with E-state index in [2.05, 4.69) is 4.98 Å². The number of nitrogens with two attached hydrogens (primary N) is 2. The molecule has 5 nitrogen and oxygen atoms in total. The summed E-state index contributed by atoms with van der Waals surface area (Å²) in [6.07, 6.45) is -3.10. The second-order valence-electron chi connectivity index (χ2n) is 2.58. The molecule has 0 fully saturated rings. The van der Waals surface area contributed by atoms with Crippen LogP contribution < -0.4 is 11.5 Å². The first-order valence-corrected chi connectivity index (χ1v) is 5.83. The molecular formula is C6H6ClF2N3O2S. The van der Waals surface area contributed by atoms with Crippen LogP contribution in [0.1, 0.15) is 12.1 Å². The molecule has 0 aliphatic heterocycles. The molecule has 0 radical (unpaired) electrons. The Morgan fingerprint density at radius 1 is 1.40 bits per heavy atom. The predicted octanol–water partition coefficient (Wildman–Crippen LogP) is 1.11. The second-order valence-corrected chi connectivity index (χ2v) is 5.12. The van der Waals surface area contributed by atoms with E-state index >= 15 is 0 Å². The molecule has 1 rings (SSSR count). The molecule has 0 aliphatic carbocycles. The zero-order valence-electron chi connectivity index (χ0n) is 7.12. The Bertz CT molecular complexity index is 491. The monoisotopic (exact) mass is 257 g/mol. The number of anilines is 2. The predicted molar refractivity (Wildman–Crippen MR) is 51.1 cm³/mol. The molecule has 0 unspecified atom stereocenters. The third kappa shape index (κ3) is 2.45. The summed E-state index contributed by atoms with van der Waals surface area (Å²) in [5, 5.41) is 0. The van der Waals surface area contributed by atoms with Crippen LogP contribution in [-0.4, -0.2) is 13.4 Å². The van der Waals surface area contributed by atoms with Gasteiger partial charge in [-0.15, -0.1) is 0 Å². The highest BCUT2D eigenvalue weighted by Gasteiger charge is 2.24. The SMILES string of the molecule is Nc1cc(S(=O)(=O)Cl)c(C(F)F)nc1N. The molecule has 0 spiro atoms. The van der Waals surface area contributed by atoms with Gasteiger partial charge in [-0.25, -0.2) is 22.2 Å². The molecule has 0 aromatic carbocycles. The number of nitrogens with zero attached hydrogens (tertiary/aromatic N) is 1. The quantitative estimate of drug-likeness (QED) is 0.773. The van der Waals surface area contributed by atoms with Crippen molar-refractivity contribution in [3.8, 4) is 0 Å².